The lowest BCUT2D eigenvalue weighted by Crippen LogP contribution is -2.58. The quantitative estimate of drug-likeness (QED) is 0.493. The van der Waals surface area contributed by atoms with E-state index < -0.39 is 17.8 Å². The first-order chi connectivity index (χ1) is 15.6. The van der Waals surface area contributed by atoms with Crippen molar-refractivity contribution in [2.75, 3.05) is 0 Å². The molecule has 2 heterocycles. The number of nitrogens with one attached hydrogen (secondary N) is 1. The molecule has 0 spiro atoms. The molecule has 1 aromatic heterocycles. The Morgan fingerprint density at radius 3 is 2.41 bits per heavy atom. The van der Waals surface area contributed by atoms with E-state index in [1.807, 2.05) is 48.7 Å². The molecule has 1 aliphatic heterocycles. The van der Waals surface area contributed by atoms with E-state index in [4.69, 9.17) is 0 Å². The Morgan fingerprint density at radius 1 is 0.906 bits per heavy atom. The summed E-state index contributed by atoms with van der Waals surface area (Å²) in [7, 11) is 0. The molecule has 1 N–H and O–H groups in total. The van der Waals surface area contributed by atoms with Gasteiger partial charge in [0.2, 0.25) is 0 Å². The Balaban J connectivity index is 1.53. The van der Waals surface area contributed by atoms with E-state index in [1.165, 1.54) is 4.90 Å². The molecular formula is C26H25N3O3. The van der Waals surface area contributed by atoms with Crippen LogP contribution in [-0.4, -0.2) is 33.4 Å². The average Bonchev–Trinajstić information content (AvgIpc) is 3.15. The maximum Gasteiger partial charge on any atom is 0.331 e. The molecule has 1 saturated heterocycles. The van der Waals surface area contributed by atoms with Crippen molar-refractivity contribution in [1.82, 2.24) is 14.8 Å². The van der Waals surface area contributed by atoms with Gasteiger partial charge in [0.15, 0.2) is 0 Å². The Morgan fingerprint density at radius 2 is 1.62 bits per heavy atom. The molecule has 2 aromatic carbocycles. The Labute approximate surface area is 186 Å². The predicted octanol–water partition coefficient (Wildman–Crippen LogP) is 4.48. The largest absolute Gasteiger partial charge is 0.342 e. The third-order valence-electron chi connectivity index (χ3n) is 6.39. The molecule has 4 amide bonds. The second-order valence-electron chi connectivity index (χ2n) is 8.50. The minimum Gasteiger partial charge on any atom is -0.342 e. The minimum absolute atomic E-state index is 0.0118. The van der Waals surface area contributed by atoms with E-state index in [0.29, 0.717) is 6.54 Å². The highest BCUT2D eigenvalue weighted by atomic mass is 16.2. The van der Waals surface area contributed by atoms with Crippen LogP contribution in [0.4, 0.5) is 4.79 Å². The molecule has 5 rings (SSSR count). The smallest absolute Gasteiger partial charge is 0.331 e. The van der Waals surface area contributed by atoms with Crippen LogP contribution >= 0.6 is 0 Å². The minimum atomic E-state index is -0.632. The van der Waals surface area contributed by atoms with Gasteiger partial charge in [0, 0.05) is 35.2 Å². The average molecular weight is 428 g/mol. The van der Waals surface area contributed by atoms with E-state index in [9.17, 15) is 14.4 Å². The van der Waals surface area contributed by atoms with E-state index in [1.54, 1.807) is 6.08 Å². The number of rotatable bonds is 4. The van der Waals surface area contributed by atoms with Crippen LogP contribution in [0.1, 0.15) is 43.2 Å². The van der Waals surface area contributed by atoms with Gasteiger partial charge in [-0.05, 0) is 30.5 Å². The number of fused-ring (bicyclic) bond motifs is 1. The van der Waals surface area contributed by atoms with Gasteiger partial charge < -0.3 is 4.57 Å². The Hall–Kier alpha value is -3.67. The van der Waals surface area contributed by atoms with E-state index in [-0.39, 0.29) is 11.6 Å². The summed E-state index contributed by atoms with van der Waals surface area (Å²) in [5.74, 6) is -1.13. The highest BCUT2D eigenvalue weighted by Crippen LogP contribution is 2.29. The number of para-hydroxylation sites is 1. The number of amides is 4. The van der Waals surface area contributed by atoms with Crippen LogP contribution < -0.4 is 5.32 Å². The first-order valence-electron chi connectivity index (χ1n) is 11.1. The van der Waals surface area contributed by atoms with Crippen molar-refractivity contribution in [2.45, 2.75) is 44.7 Å². The summed E-state index contributed by atoms with van der Waals surface area (Å²) in [5.41, 5.74) is 2.98. The molecule has 0 atom stereocenters. The van der Waals surface area contributed by atoms with Gasteiger partial charge in [-0.3, -0.25) is 19.8 Å². The second-order valence-corrected chi connectivity index (χ2v) is 8.50. The zero-order valence-electron chi connectivity index (χ0n) is 17.8. The number of carbonyl (C=O) groups is 3. The summed E-state index contributed by atoms with van der Waals surface area (Å²) in [5, 5.41) is 3.33. The summed E-state index contributed by atoms with van der Waals surface area (Å²) in [4.78, 5) is 39.6. The van der Waals surface area contributed by atoms with Crippen LogP contribution in [0.5, 0.6) is 0 Å². The Kier molecular flexibility index (Phi) is 5.35. The van der Waals surface area contributed by atoms with Crippen LogP contribution in [0.2, 0.25) is 0 Å². The fraction of sp³-hybridized carbons (Fsp3) is 0.269. The van der Waals surface area contributed by atoms with Gasteiger partial charge in [-0.25, -0.2) is 4.79 Å². The summed E-state index contributed by atoms with van der Waals surface area (Å²) in [6.45, 7) is 0.678. The first kappa shape index (κ1) is 20.2. The summed E-state index contributed by atoms with van der Waals surface area (Å²) >= 11 is 0. The standard InChI is InChI=1S/C26H25N3O3/c30-24-22(25(31)29(26(32)27-24)20-11-5-2-6-12-20)15-19-17-28(16-18-9-3-1-4-10-18)23-14-8-7-13-21(19)23/h1,3-4,7-10,13-15,17,20H,2,5-6,11-12,16H2,(H,27,30,32). The molecule has 2 aliphatic rings. The van der Waals surface area contributed by atoms with Gasteiger partial charge in [0.1, 0.15) is 5.57 Å². The van der Waals surface area contributed by atoms with Crippen molar-refractivity contribution in [3.8, 4) is 0 Å². The molecule has 0 bridgehead atoms. The number of hydrogen-bond donors (Lipinski definition) is 1. The highest BCUT2D eigenvalue weighted by molar-refractivity contribution is 6.31. The Bertz CT molecular complexity index is 1220. The number of benzene rings is 2. The number of nitrogens with zero attached hydrogens (tertiary/aromatic N) is 2. The van der Waals surface area contributed by atoms with Crippen molar-refractivity contribution in [3.63, 3.8) is 0 Å². The fourth-order valence-corrected chi connectivity index (χ4v) is 4.80. The van der Waals surface area contributed by atoms with Gasteiger partial charge in [0.25, 0.3) is 11.8 Å². The number of imide groups is 2. The number of hydrogen-bond acceptors (Lipinski definition) is 3. The molecular weight excluding hydrogens is 402 g/mol. The van der Waals surface area contributed by atoms with Crippen LogP contribution in [0.15, 0.2) is 66.4 Å². The fourth-order valence-electron chi connectivity index (χ4n) is 4.80. The molecule has 2 fully saturated rings. The number of aromatic nitrogens is 1. The maximum atomic E-state index is 13.3. The number of urea groups is 1. The van der Waals surface area contributed by atoms with Crippen molar-refractivity contribution >= 4 is 34.8 Å². The summed E-state index contributed by atoms with van der Waals surface area (Å²) < 4.78 is 2.12. The van der Waals surface area contributed by atoms with E-state index >= 15 is 0 Å². The normalized spacial score (nSPS) is 19.1. The van der Waals surface area contributed by atoms with Crippen molar-refractivity contribution in [3.05, 3.63) is 77.5 Å². The van der Waals surface area contributed by atoms with Gasteiger partial charge in [-0.1, -0.05) is 67.8 Å². The lowest BCUT2D eigenvalue weighted by molar-refractivity contribution is -0.132. The monoisotopic (exact) mass is 427 g/mol. The van der Waals surface area contributed by atoms with Gasteiger partial charge in [-0.15, -0.1) is 0 Å². The van der Waals surface area contributed by atoms with Crippen LogP contribution in [0.3, 0.4) is 0 Å². The van der Waals surface area contributed by atoms with Gasteiger partial charge >= 0.3 is 6.03 Å². The lowest BCUT2D eigenvalue weighted by atomic mass is 9.93. The molecule has 1 saturated carbocycles. The maximum absolute atomic E-state index is 13.3. The molecule has 162 valence electrons. The molecule has 3 aromatic rings. The third kappa shape index (κ3) is 3.73. The van der Waals surface area contributed by atoms with Crippen molar-refractivity contribution < 1.29 is 14.4 Å². The predicted molar refractivity (Wildman–Crippen MR) is 123 cm³/mol. The van der Waals surface area contributed by atoms with Crippen molar-refractivity contribution in [1.29, 1.82) is 0 Å². The third-order valence-corrected chi connectivity index (χ3v) is 6.39. The number of carbonyl (C=O) groups excluding carboxylic acids is 3. The molecule has 6 nitrogen and oxygen atoms in total. The number of barbiturate groups is 1. The zero-order chi connectivity index (χ0) is 22.1. The molecule has 1 aliphatic carbocycles. The van der Waals surface area contributed by atoms with Gasteiger partial charge in [0.05, 0.1) is 0 Å². The van der Waals surface area contributed by atoms with Crippen LogP contribution in [0.25, 0.3) is 17.0 Å². The first-order valence-corrected chi connectivity index (χ1v) is 11.1. The summed E-state index contributed by atoms with van der Waals surface area (Å²) in [6, 6.07) is 17.3. The van der Waals surface area contributed by atoms with Crippen molar-refractivity contribution in [2.24, 2.45) is 0 Å². The topological polar surface area (TPSA) is 71.4 Å². The molecule has 32 heavy (non-hydrogen) atoms. The SMILES string of the molecule is O=C1NC(=O)N(C2CCCCC2)C(=O)C1=Cc1cn(Cc2ccccc2)c2ccccc12. The van der Waals surface area contributed by atoms with Crippen LogP contribution in [-0.2, 0) is 16.1 Å². The lowest BCUT2D eigenvalue weighted by Gasteiger charge is -2.35. The summed E-state index contributed by atoms with van der Waals surface area (Å²) in [6.07, 6.45) is 8.26. The molecule has 0 radical (unpaired) electrons. The second kappa shape index (κ2) is 8.46. The molecule has 0 unspecified atom stereocenters. The van der Waals surface area contributed by atoms with Gasteiger partial charge in [-0.2, -0.15) is 0 Å². The van der Waals surface area contributed by atoms with E-state index in [2.05, 4.69) is 22.0 Å². The van der Waals surface area contributed by atoms with E-state index in [0.717, 1.165) is 54.1 Å². The highest BCUT2D eigenvalue weighted by Gasteiger charge is 2.40. The zero-order valence-corrected chi connectivity index (χ0v) is 17.8. The molecule has 6 heteroatoms. The van der Waals surface area contributed by atoms with Crippen LogP contribution in [0, 0.1) is 0 Å².